The Kier molecular flexibility index (Phi) is 31.4. The van der Waals surface area contributed by atoms with Crippen molar-refractivity contribution in [3.05, 3.63) is 77.9 Å². The van der Waals surface area contributed by atoms with Crippen LogP contribution in [0.1, 0.15) is 36.8 Å². The van der Waals surface area contributed by atoms with E-state index in [4.69, 9.17) is 33.5 Å². The number of carbonyl (C=O) groups excluding carboxylic acids is 13. The van der Waals surface area contributed by atoms with Gasteiger partial charge in [-0.25, -0.2) is 4.79 Å². The van der Waals surface area contributed by atoms with Crippen LogP contribution in [0.2, 0.25) is 0 Å². The lowest BCUT2D eigenvalue weighted by Gasteiger charge is -2.25. The average Bonchev–Trinajstić information content (AvgIpc) is 3.41. The van der Waals surface area contributed by atoms with Gasteiger partial charge in [0.2, 0.25) is 59.1 Å². The van der Waals surface area contributed by atoms with Gasteiger partial charge in [-0.15, -0.1) is 0 Å². The van der Waals surface area contributed by atoms with E-state index in [0.717, 1.165) is 12.2 Å². The van der Waals surface area contributed by atoms with E-state index in [1.807, 2.05) is 0 Å². The highest BCUT2D eigenvalue weighted by molar-refractivity contribution is 7.51. The third-order valence-electron chi connectivity index (χ3n) is 12.1. The lowest BCUT2D eigenvalue weighted by atomic mass is 10.1. The van der Waals surface area contributed by atoms with Crippen molar-refractivity contribution in [2.75, 3.05) is 110 Å². The molecule has 12 amide bonds. The molecule has 2 aromatic rings. The summed E-state index contributed by atoms with van der Waals surface area (Å²) in [6.45, 7) is -2.53. The average molecular weight is 1250 g/mol. The Morgan fingerprint density at radius 2 is 1.13 bits per heavy atom. The summed E-state index contributed by atoms with van der Waals surface area (Å²) >= 11 is 0. The molecule has 2 aromatic carbocycles. The molecule has 0 aromatic heterocycles. The first-order valence-corrected chi connectivity index (χ1v) is 29.0. The van der Waals surface area contributed by atoms with Gasteiger partial charge in [-0.1, -0.05) is 42.5 Å². The van der Waals surface area contributed by atoms with Gasteiger partial charge >= 0.3 is 13.6 Å². The van der Waals surface area contributed by atoms with Crippen LogP contribution in [0.4, 0.5) is 5.69 Å². The van der Waals surface area contributed by atoms with Crippen LogP contribution in [-0.2, 0) is 104 Å². The summed E-state index contributed by atoms with van der Waals surface area (Å²) in [5.74, 6) is -10.1. The second-order valence-electron chi connectivity index (χ2n) is 18.9. The number of cyclic esters (lactones) is 1. The third-order valence-corrected chi connectivity index (χ3v) is 12.9. The van der Waals surface area contributed by atoms with Gasteiger partial charge < -0.3 is 91.7 Å². The zero-order valence-electron chi connectivity index (χ0n) is 47.2. The quantitative estimate of drug-likeness (QED) is 0.0128. The van der Waals surface area contributed by atoms with Gasteiger partial charge in [-0.2, -0.15) is 0 Å². The van der Waals surface area contributed by atoms with Crippen LogP contribution in [-0.4, -0.2) is 226 Å². The first-order valence-electron chi connectivity index (χ1n) is 27.2. The number of amides is 12. The Labute approximate surface area is 498 Å². The standard InChI is InChI=1S/C53H72N11O22P/c65-33-35-6-8-36(9-7-35)60-46(71)32-59-50(75)38(26-34-4-2-1-3-5-34)63-47(72)31-57-44(69)29-56-45(70)30-58-51(76)39(27-43(68)61-37-12-17-86-53(37)78)62-42(67)13-16-82-19-21-84-23-24-85-22-20-83-18-15-54-52(77)40(64-48(73)10-11-49(64)74)28-55-41(66)14-25-87(79,80)81/h1-11,37-40,65H,12-33H2,(H,54,77)(H,55,66)(H,56,70)(H,57,69)(H,58,76)(H,59,75)(H,60,71)(H,61,68)(H,62,67)(H,63,72)(H2,79,80,81)/t37-,38-,39-,40-/m0/s1. The lowest BCUT2D eigenvalue weighted by Crippen LogP contribution is -2.55. The second kappa shape index (κ2) is 38.5. The van der Waals surface area contributed by atoms with Crippen molar-refractivity contribution in [1.82, 2.24) is 52.8 Å². The third kappa shape index (κ3) is 28.9. The molecule has 1 saturated heterocycles. The van der Waals surface area contributed by atoms with E-state index < -0.39 is 160 Å². The molecule has 1 fully saturated rings. The molecule has 0 unspecified atom stereocenters. The van der Waals surface area contributed by atoms with E-state index in [9.17, 15) is 72.0 Å². The molecule has 2 aliphatic heterocycles. The number of imide groups is 1. The Hall–Kier alpha value is -8.56. The van der Waals surface area contributed by atoms with Crippen molar-refractivity contribution in [2.24, 2.45) is 0 Å². The normalized spacial score (nSPS) is 14.6. The van der Waals surface area contributed by atoms with Gasteiger partial charge in [0.1, 0.15) is 24.2 Å². The maximum absolute atomic E-state index is 13.2. The van der Waals surface area contributed by atoms with Gasteiger partial charge in [0.25, 0.3) is 11.8 Å². The van der Waals surface area contributed by atoms with E-state index in [1.165, 1.54) is 0 Å². The molecule has 0 saturated carbocycles. The number of hydrogen-bond donors (Lipinski definition) is 13. The highest BCUT2D eigenvalue weighted by atomic mass is 31.2. The predicted octanol–water partition coefficient (Wildman–Crippen LogP) is -5.83. The van der Waals surface area contributed by atoms with Crippen LogP contribution in [0.3, 0.4) is 0 Å². The number of ether oxygens (including phenoxy) is 5. The monoisotopic (exact) mass is 1250 g/mol. The fourth-order valence-corrected chi connectivity index (χ4v) is 8.16. The molecule has 13 N–H and O–H groups in total. The summed E-state index contributed by atoms with van der Waals surface area (Å²) in [6.07, 6.45) is -0.0879. The minimum absolute atomic E-state index is 0.00286. The van der Waals surface area contributed by atoms with Crippen LogP contribution in [0.5, 0.6) is 0 Å². The van der Waals surface area contributed by atoms with Gasteiger partial charge in [-0.05, 0) is 23.3 Å². The van der Waals surface area contributed by atoms with E-state index in [0.29, 0.717) is 21.7 Å². The van der Waals surface area contributed by atoms with Gasteiger partial charge in [-0.3, -0.25) is 67.0 Å². The summed E-state index contributed by atoms with van der Waals surface area (Å²) in [5.41, 5.74) is 1.74. The van der Waals surface area contributed by atoms with Crippen LogP contribution >= 0.6 is 7.60 Å². The molecule has 0 spiro atoms. The number of hydrogen-bond acceptors (Lipinski definition) is 20. The lowest BCUT2D eigenvalue weighted by molar-refractivity contribution is -0.145. The van der Waals surface area contributed by atoms with Crippen LogP contribution < -0.4 is 53.2 Å². The van der Waals surface area contributed by atoms with Crippen molar-refractivity contribution in [3.63, 3.8) is 0 Å². The molecule has 0 radical (unpaired) electrons. The van der Waals surface area contributed by atoms with E-state index in [2.05, 4.69) is 53.2 Å². The number of benzene rings is 2. The van der Waals surface area contributed by atoms with Crippen molar-refractivity contribution >= 4 is 90.1 Å². The number of aliphatic hydroxyl groups excluding tert-OH is 1. The van der Waals surface area contributed by atoms with Crippen molar-refractivity contribution in [3.8, 4) is 0 Å². The topological polar surface area (TPSA) is 469 Å². The highest BCUT2D eigenvalue weighted by Gasteiger charge is 2.36. The Morgan fingerprint density at radius 3 is 1.71 bits per heavy atom. The first-order chi connectivity index (χ1) is 41.6. The second-order valence-corrected chi connectivity index (χ2v) is 20.7. The number of nitrogens with one attached hydrogen (secondary N) is 10. The van der Waals surface area contributed by atoms with Crippen LogP contribution in [0.25, 0.3) is 0 Å². The molecular weight excluding hydrogens is 1170 g/mol. The fraction of sp³-hybridized carbons (Fsp3) is 0.491. The zero-order chi connectivity index (χ0) is 63.6. The predicted molar refractivity (Wildman–Crippen MR) is 299 cm³/mol. The van der Waals surface area contributed by atoms with E-state index >= 15 is 0 Å². The smallest absolute Gasteiger partial charge is 0.328 e. The largest absolute Gasteiger partial charge is 0.464 e. The van der Waals surface area contributed by atoms with E-state index in [-0.39, 0.29) is 91.9 Å². The highest BCUT2D eigenvalue weighted by Crippen LogP contribution is 2.34. The maximum atomic E-state index is 13.2. The maximum Gasteiger partial charge on any atom is 0.328 e. The van der Waals surface area contributed by atoms with Crippen molar-refractivity contribution in [2.45, 2.75) is 62.9 Å². The fourth-order valence-electron chi connectivity index (χ4n) is 7.67. The van der Waals surface area contributed by atoms with Crippen molar-refractivity contribution in [1.29, 1.82) is 0 Å². The number of anilines is 1. The molecule has 2 heterocycles. The van der Waals surface area contributed by atoms with Gasteiger partial charge in [0, 0.05) is 56.6 Å². The first kappa shape index (κ1) is 70.9. The Bertz CT molecular complexity index is 2770. The summed E-state index contributed by atoms with van der Waals surface area (Å²) in [5, 5.41) is 33.3. The number of rotatable bonds is 41. The SMILES string of the molecule is O=C(CCP(=O)(O)O)NC[C@@H](C(=O)NCCOCCOCCOCCOCCC(=O)N[C@@H](CC(=O)N[C@H]1CCOC1=O)C(=O)NCC(=O)NCC(=O)NCC(=O)N[C@@H](Cc1ccccc1)C(=O)NCC(=O)Nc1ccc(CO)cc1)N1C(=O)C=CC1=O. The molecule has 0 aliphatic carbocycles. The number of esters is 1. The molecule has 33 nitrogen and oxygen atoms in total. The summed E-state index contributed by atoms with van der Waals surface area (Å²) in [7, 11) is -4.46. The summed E-state index contributed by atoms with van der Waals surface area (Å²) < 4.78 is 37.6. The van der Waals surface area contributed by atoms with Crippen molar-refractivity contribution < 1.29 is 105 Å². The molecule has 4 atom stereocenters. The minimum atomic E-state index is -4.46. The van der Waals surface area contributed by atoms with Crippen LogP contribution in [0, 0.1) is 0 Å². The molecule has 34 heteroatoms. The van der Waals surface area contributed by atoms with E-state index in [1.54, 1.807) is 54.6 Å². The molecular formula is C53H72N11O22P. The molecule has 4 rings (SSSR count). The summed E-state index contributed by atoms with van der Waals surface area (Å²) in [6, 6.07) is 9.92. The molecule has 0 bridgehead atoms. The zero-order valence-corrected chi connectivity index (χ0v) is 48.1. The minimum Gasteiger partial charge on any atom is -0.464 e. The molecule has 476 valence electrons. The van der Waals surface area contributed by atoms with Gasteiger partial charge in [0.05, 0.1) is 105 Å². The number of nitrogens with zero attached hydrogens (tertiary/aromatic N) is 1. The number of aliphatic hydroxyl groups is 1. The molecule has 87 heavy (non-hydrogen) atoms. The molecule has 2 aliphatic rings. The van der Waals surface area contributed by atoms with Crippen LogP contribution in [0.15, 0.2) is 66.7 Å². The van der Waals surface area contributed by atoms with Gasteiger partial charge in [0.15, 0.2) is 0 Å². The summed E-state index contributed by atoms with van der Waals surface area (Å²) in [4.78, 5) is 183. The Morgan fingerprint density at radius 1 is 0.575 bits per heavy atom. The number of carbonyl (C=O) groups is 13. The Balaban J connectivity index is 1.09.